The third-order valence-electron chi connectivity index (χ3n) is 5.65. The van der Waals surface area contributed by atoms with Crippen LogP contribution in [-0.4, -0.2) is 55.9 Å². The number of hydrogen-bond donors (Lipinski definition) is 0. The zero-order chi connectivity index (χ0) is 23.4. The van der Waals surface area contributed by atoms with E-state index in [0.717, 1.165) is 5.39 Å². The van der Waals surface area contributed by atoms with Gasteiger partial charge >= 0.3 is 5.97 Å². The zero-order valence-corrected chi connectivity index (χ0v) is 19.0. The number of nitrogens with zero attached hydrogens (tertiary/aromatic N) is 1. The molecule has 4 rings (SSSR count). The van der Waals surface area contributed by atoms with Gasteiger partial charge in [-0.2, -0.15) is 0 Å². The van der Waals surface area contributed by atoms with Crippen LogP contribution in [0.2, 0.25) is 0 Å². The molecule has 8 nitrogen and oxygen atoms in total. The van der Waals surface area contributed by atoms with Crippen LogP contribution in [0, 0.1) is 0 Å². The maximum Gasteiger partial charge on any atom is 0.375 e. The number of esters is 1. The van der Waals surface area contributed by atoms with Crippen molar-refractivity contribution in [1.29, 1.82) is 0 Å². The van der Waals surface area contributed by atoms with Gasteiger partial charge in [-0.15, -0.1) is 0 Å². The van der Waals surface area contributed by atoms with Crippen LogP contribution in [0.4, 0.5) is 0 Å². The molecule has 0 bridgehead atoms. The summed E-state index contributed by atoms with van der Waals surface area (Å²) in [6, 6.07) is 16.0. The summed E-state index contributed by atoms with van der Waals surface area (Å²) in [5.41, 5.74) is 1.04. The van der Waals surface area contributed by atoms with Crippen LogP contribution in [0.25, 0.3) is 11.0 Å². The second-order valence-electron chi connectivity index (χ2n) is 7.82. The standard InChI is InChI=1S/C24H25NO7S/c1-2-25(17-12-13-33(28,29)16-17)22(26)15-31-24(27)23-20(14-30-18-8-4-3-5-9-18)19-10-6-7-11-21(19)32-23/h3-11,17H,2,12-16H2,1H3/t17-/m0/s1. The second-order valence-corrected chi connectivity index (χ2v) is 10.0. The molecule has 0 unspecified atom stereocenters. The highest BCUT2D eigenvalue weighted by Crippen LogP contribution is 2.28. The molecule has 1 aliphatic heterocycles. The summed E-state index contributed by atoms with van der Waals surface area (Å²) in [5, 5.41) is 0.720. The molecule has 1 saturated heterocycles. The molecule has 1 aliphatic rings. The van der Waals surface area contributed by atoms with Crippen molar-refractivity contribution in [3.05, 3.63) is 65.9 Å². The van der Waals surface area contributed by atoms with Gasteiger partial charge in [-0.3, -0.25) is 4.79 Å². The molecule has 1 amide bonds. The SMILES string of the molecule is CCN(C(=O)COC(=O)c1oc2ccccc2c1COc1ccccc1)[C@H]1CCS(=O)(=O)C1. The summed E-state index contributed by atoms with van der Waals surface area (Å²) in [6.45, 7) is 1.68. The molecule has 0 N–H and O–H groups in total. The van der Waals surface area contributed by atoms with Gasteiger partial charge in [-0.05, 0) is 31.5 Å². The van der Waals surface area contributed by atoms with Gasteiger partial charge < -0.3 is 18.8 Å². The van der Waals surface area contributed by atoms with E-state index < -0.39 is 34.4 Å². The fourth-order valence-electron chi connectivity index (χ4n) is 4.01. The number of rotatable bonds is 8. The van der Waals surface area contributed by atoms with Gasteiger partial charge in [0.2, 0.25) is 5.76 Å². The number of likely N-dealkylation sites (N-methyl/N-ethyl adjacent to an activating group) is 1. The number of sulfone groups is 1. The minimum absolute atomic E-state index is 0.0218. The number of ether oxygens (including phenoxy) is 2. The van der Waals surface area contributed by atoms with Gasteiger partial charge in [0.1, 0.15) is 17.9 Å². The average molecular weight is 472 g/mol. The first kappa shape index (κ1) is 22.8. The molecule has 3 aromatic rings. The van der Waals surface area contributed by atoms with E-state index in [1.54, 1.807) is 19.1 Å². The molecular formula is C24H25NO7S. The Kier molecular flexibility index (Phi) is 6.69. The first-order valence-corrected chi connectivity index (χ1v) is 12.6. The smallest absolute Gasteiger partial charge is 0.375 e. The Morgan fingerprint density at radius 1 is 1.09 bits per heavy atom. The minimum atomic E-state index is -3.14. The van der Waals surface area contributed by atoms with Crippen molar-refractivity contribution in [2.75, 3.05) is 24.7 Å². The zero-order valence-electron chi connectivity index (χ0n) is 18.2. The van der Waals surface area contributed by atoms with Crippen LogP contribution < -0.4 is 4.74 Å². The first-order chi connectivity index (χ1) is 15.9. The summed E-state index contributed by atoms with van der Waals surface area (Å²) in [6.07, 6.45) is 0.389. The highest BCUT2D eigenvalue weighted by atomic mass is 32.2. The third kappa shape index (κ3) is 5.19. The normalized spacial score (nSPS) is 17.1. The van der Waals surface area contributed by atoms with E-state index in [4.69, 9.17) is 13.9 Å². The third-order valence-corrected chi connectivity index (χ3v) is 7.40. The number of para-hydroxylation sites is 2. The molecule has 1 atom stereocenters. The van der Waals surface area contributed by atoms with Crippen molar-refractivity contribution in [2.45, 2.75) is 26.0 Å². The van der Waals surface area contributed by atoms with Crippen molar-refractivity contribution in [1.82, 2.24) is 4.90 Å². The lowest BCUT2D eigenvalue weighted by Gasteiger charge is -2.26. The van der Waals surface area contributed by atoms with E-state index >= 15 is 0 Å². The van der Waals surface area contributed by atoms with Gasteiger partial charge in [0.05, 0.1) is 17.1 Å². The molecule has 2 heterocycles. The highest BCUT2D eigenvalue weighted by molar-refractivity contribution is 7.91. The van der Waals surface area contributed by atoms with E-state index in [1.165, 1.54) is 4.90 Å². The Morgan fingerprint density at radius 3 is 2.52 bits per heavy atom. The number of carbonyl (C=O) groups excluding carboxylic acids is 2. The molecule has 174 valence electrons. The number of fused-ring (bicyclic) bond motifs is 1. The summed E-state index contributed by atoms with van der Waals surface area (Å²) in [5.74, 6) is -0.600. The molecule has 0 spiro atoms. The van der Waals surface area contributed by atoms with Crippen molar-refractivity contribution < 1.29 is 31.9 Å². The predicted molar refractivity (Wildman–Crippen MR) is 122 cm³/mol. The predicted octanol–water partition coefficient (Wildman–Crippen LogP) is 3.20. The molecule has 0 saturated carbocycles. The van der Waals surface area contributed by atoms with Gasteiger partial charge in [0.15, 0.2) is 16.4 Å². The lowest BCUT2D eigenvalue weighted by Crippen LogP contribution is -2.43. The van der Waals surface area contributed by atoms with Crippen molar-refractivity contribution >= 4 is 32.7 Å². The van der Waals surface area contributed by atoms with Crippen molar-refractivity contribution in [2.24, 2.45) is 0 Å². The quantitative estimate of drug-likeness (QED) is 0.465. The summed E-state index contributed by atoms with van der Waals surface area (Å²) in [4.78, 5) is 27.0. The van der Waals surface area contributed by atoms with E-state index in [0.29, 0.717) is 29.9 Å². The summed E-state index contributed by atoms with van der Waals surface area (Å²) < 4.78 is 40.4. The monoisotopic (exact) mass is 471 g/mol. The maximum atomic E-state index is 12.8. The Labute approximate surface area is 192 Å². The van der Waals surface area contributed by atoms with Crippen LogP contribution in [0.1, 0.15) is 29.5 Å². The minimum Gasteiger partial charge on any atom is -0.489 e. The highest BCUT2D eigenvalue weighted by Gasteiger charge is 2.34. The summed E-state index contributed by atoms with van der Waals surface area (Å²) >= 11 is 0. The van der Waals surface area contributed by atoms with E-state index in [9.17, 15) is 18.0 Å². The molecule has 1 aromatic heterocycles. The molecular weight excluding hydrogens is 446 g/mol. The van der Waals surface area contributed by atoms with Crippen molar-refractivity contribution in [3.63, 3.8) is 0 Å². The average Bonchev–Trinajstić information content (AvgIpc) is 3.37. The van der Waals surface area contributed by atoms with Crippen LogP contribution in [-0.2, 0) is 26.0 Å². The molecule has 9 heteroatoms. The summed E-state index contributed by atoms with van der Waals surface area (Å²) in [7, 11) is -3.14. The van der Waals surface area contributed by atoms with Gasteiger partial charge in [0.25, 0.3) is 5.91 Å². The van der Waals surface area contributed by atoms with Crippen LogP contribution >= 0.6 is 0 Å². The molecule has 0 aliphatic carbocycles. The van der Waals surface area contributed by atoms with Crippen LogP contribution in [0.3, 0.4) is 0 Å². The van der Waals surface area contributed by atoms with E-state index in [-0.39, 0.29) is 23.9 Å². The number of hydrogen-bond acceptors (Lipinski definition) is 7. The fourth-order valence-corrected chi connectivity index (χ4v) is 5.75. The number of carbonyl (C=O) groups is 2. The Balaban J connectivity index is 1.47. The topological polar surface area (TPSA) is 103 Å². The van der Waals surface area contributed by atoms with Crippen molar-refractivity contribution in [3.8, 4) is 5.75 Å². The van der Waals surface area contributed by atoms with Crippen LogP contribution in [0.15, 0.2) is 59.0 Å². The number of amides is 1. The van der Waals surface area contributed by atoms with Gasteiger partial charge in [0, 0.05) is 18.0 Å². The Morgan fingerprint density at radius 2 is 1.82 bits per heavy atom. The van der Waals surface area contributed by atoms with Crippen LogP contribution in [0.5, 0.6) is 5.75 Å². The van der Waals surface area contributed by atoms with E-state index in [1.807, 2.05) is 42.5 Å². The number of benzene rings is 2. The van der Waals surface area contributed by atoms with Gasteiger partial charge in [-0.1, -0.05) is 36.4 Å². The molecule has 2 aromatic carbocycles. The Bertz CT molecular complexity index is 1250. The maximum absolute atomic E-state index is 12.8. The van der Waals surface area contributed by atoms with Gasteiger partial charge in [-0.25, -0.2) is 13.2 Å². The lowest BCUT2D eigenvalue weighted by atomic mass is 10.1. The fraction of sp³-hybridized carbons (Fsp3) is 0.333. The molecule has 1 fully saturated rings. The van der Waals surface area contributed by atoms with E-state index in [2.05, 4.69) is 0 Å². The first-order valence-electron chi connectivity index (χ1n) is 10.7. The molecule has 33 heavy (non-hydrogen) atoms. The molecule has 0 radical (unpaired) electrons. The Hall–Kier alpha value is -3.33. The lowest BCUT2D eigenvalue weighted by molar-refractivity contribution is -0.136. The largest absolute Gasteiger partial charge is 0.489 e. The number of furan rings is 1. The second kappa shape index (κ2) is 9.66.